The maximum atomic E-state index is 12.3. The van der Waals surface area contributed by atoms with Gasteiger partial charge in [0.15, 0.2) is 0 Å². The number of amides is 1. The summed E-state index contributed by atoms with van der Waals surface area (Å²) >= 11 is 0. The Bertz CT molecular complexity index is 1100. The van der Waals surface area contributed by atoms with Gasteiger partial charge in [0.25, 0.3) is 5.91 Å². The number of pyridine rings is 1. The van der Waals surface area contributed by atoms with Crippen LogP contribution in [0, 0.1) is 18.3 Å². The van der Waals surface area contributed by atoms with Crippen molar-refractivity contribution in [3.8, 4) is 6.07 Å². The Balaban J connectivity index is 1.53. The molecule has 1 aliphatic rings. The van der Waals surface area contributed by atoms with Crippen molar-refractivity contribution in [3.63, 3.8) is 0 Å². The summed E-state index contributed by atoms with van der Waals surface area (Å²) in [7, 11) is 0. The molecule has 1 fully saturated rings. The van der Waals surface area contributed by atoms with Gasteiger partial charge in [-0.1, -0.05) is 30.3 Å². The highest BCUT2D eigenvalue weighted by atomic mass is 16.5. The summed E-state index contributed by atoms with van der Waals surface area (Å²) in [5.74, 6) is -0.102. The van der Waals surface area contributed by atoms with E-state index in [1.807, 2.05) is 49.4 Å². The van der Waals surface area contributed by atoms with Gasteiger partial charge in [0, 0.05) is 30.4 Å². The largest absolute Gasteiger partial charge is 0.379 e. The van der Waals surface area contributed by atoms with E-state index in [2.05, 4.69) is 21.7 Å². The molecule has 0 bridgehead atoms. The maximum absolute atomic E-state index is 12.3. The molecule has 1 amide bonds. The number of fused-ring (bicyclic) bond motifs is 1. The predicted molar refractivity (Wildman–Crippen MR) is 113 cm³/mol. The SMILES string of the molecule is Cc1cccc2c(NCc3cccc(NC(=O)C4CCCO4)c3)c(C#N)cnc12. The van der Waals surface area contributed by atoms with E-state index >= 15 is 0 Å². The first-order valence-electron chi connectivity index (χ1n) is 9.69. The second-order valence-electron chi connectivity index (χ2n) is 7.17. The van der Waals surface area contributed by atoms with E-state index in [0.717, 1.165) is 46.2 Å². The molecule has 3 aromatic rings. The van der Waals surface area contributed by atoms with Gasteiger partial charge < -0.3 is 15.4 Å². The van der Waals surface area contributed by atoms with Gasteiger partial charge in [0.05, 0.1) is 16.8 Å². The minimum atomic E-state index is -0.360. The number of carbonyl (C=O) groups is 1. The number of anilines is 2. The zero-order valence-corrected chi connectivity index (χ0v) is 16.2. The Kier molecular flexibility index (Phi) is 5.41. The molecular formula is C23H22N4O2. The Morgan fingerprint density at radius 1 is 1.31 bits per heavy atom. The standard InChI is InChI=1S/C23H22N4O2/c1-15-5-2-8-19-21(15)26-14-17(12-24)22(19)25-13-16-6-3-7-18(11-16)27-23(28)20-9-4-10-29-20/h2-3,5-8,11,14,20H,4,9-10,13H2,1H3,(H,25,26)(H,27,28). The van der Waals surface area contributed by atoms with Crippen LogP contribution in [-0.4, -0.2) is 23.6 Å². The summed E-state index contributed by atoms with van der Waals surface area (Å²) in [6.45, 7) is 3.17. The third-order valence-electron chi connectivity index (χ3n) is 5.11. The van der Waals surface area contributed by atoms with Crippen LogP contribution in [0.1, 0.15) is 29.5 Å². The minimum Gasteiger partial charge on any atom is -0.379 e. The number of para-hydroxylation sites is 1. The molecule has 146 valence electrons. The van der Waals surface area contributed by atoms with Crippen LogP contribution in [0.5, 0.6) is 0 Å². The van der Waals surface area contributed by atoms with Crippen LogP contribution in [0.25, 0.3) is 10.9 Å². The van der Waals surface area contributed by atoms with E-state index in [1.165, 1.54) is 0 Å². The number of carbonyl (C=O) groups excluding carboxylic acids is 1. The zero-order chi connectivity index (χ0) is 20.2. The summed E-state index contributed by atoms with van der Waals surface area (Å²) in [6, 6.07) is 15.8. The summed E-state index contributed by atoms with van der Waals surface area (Å²) in [5.41, 5.74) is 4.96. The van der Waals surface area contributed by atoms with Crippen LogP contribution in [0.15, 0.2) is 48.7 Å². The molecule has 1 saturated heterocycles. The summed E-state index contributed by atoms with van der Waals surface area (Å²) < 4.78 is 5.44. The van der Waals surface area contributed by atoms with E-state index in [-0.39, 0.29) is 12.0 Å². The topological polar surface area (TPSA) is 87.0 Å². The second kappa shape index (κ2) is 8.29. The first-order chi connectivity index (χ1) is 14.2. The van der Waals surface area contributed by atoms with Crippen molar-refractivity contribution in [1.82, 2.24) is 4.98 Å². The lowest BCUT2D eigenvalue weighted by Crippen LogP contribution is -2.26. The molecule has 1 aliphatic heterocycles. The molecule has 1 atom stereocenters. The van der Waals surface area contributed by atoms with E-state index in [9.17, 15) is 10.1 Å². The van der Waals surface area contributed by atoms with Crippen molar-refractivity contribution in [1.29, 1.82) is 5.26 Å². The van der Waals surface area contributed by atoms with Crippen molar-refractivity contribution in [2.45, 2.75) is 32.4 Å². The third kappa shape index (κ3) is 4.05. The first kappa shape index (κ1) is 18.9. The first-order valence-corrected chi connectivity index (χ1v) is 9.69. The van der Waals surface area contributed by atoms with Gasteiger partial charge in [0.1, 0.15) is 12.2 Å². The average Bonchev–Trinajstić information content (AvgIpc) is 3.27. The fraction of sp³-hybridized carbons (Fsp3) is 0.261. The van der Waals surface area contributed by atoms with Gasteiger partial charge in [-0.3, -0.25) is 9.78 Å². The number of nitriles is 1. The van der Waals surface area contributed by atoms with E-state index in [4.69, 9.17) is 4.74 Å². The number of aromatic nitrogens is 1. The van der Waals surface area contributed by atoms with Crippen LogP contribution in [-0.2, 0) is 16.1 Å². The molecule has 4 rings (SSSR count). The number of benzene rings is 2. The van der Waals surface area contributed by atoms with Crippen LogP contribution in [0.2, 0.25) is 0 Å². The normalized spacial score (nSPS) is 15.8. The molecule has 1 unspecified atom stereocenters. The smallest absolute Gasteiger partial charge is 0.253 e. The molecular weight excluding hydrogens is 364 g/mol. The van der Waals surface area contributed by atoms with Crippen molar-refractivity contribution < 1.29 is 9.53 Å². The molecule has 2 N–H and O–H groups in total. The minimum absolute atomic E-state index is 0.102. The van der Waals surface area contributed by atoms with Gasteiger partial charge in [0.2, 0.25) is 0 Å². The number of nitrogens with zero attached hydrogens (tertiary/aromatic N) is 2. The average molecular weight is 386 g/mol. The molecule has 1 aromatic heterocycles. The van der Waals surface area contributed by atoms with Gasteiger partial charge in [-0.2, -0.15) is 5.26 Å². The summed E-state index contributed by atoms with van der Waals surface area (Å²) in [4.78, 5) is 16.7. The number of hydrogen-bond acceptors (Lipinski definition) is 5. The van der Waals surface area contributed by atoms with Crippen molar-refractivity contribution in [2.75, 3.05) is 17.2 Å². The van der Waals surface area contributed by atoms with Crippen molar-refractivity contribution in [3.05, 3.63) is 65.4 Å². The van der Waals surface area contributed by atoms with Gasteiger partial charge in [-0.15, -0.1) is 0 Å². The molecule has 0 spiro atoms. The Labute approximate surface area is 169 Å². The molecule has 2 heterocycles. The van der Waals surface area contributed by atoms with Crippen LogP contribution in [0.3, 0.4) is 0 Å². The third-order valence-corrected chi connectivity index (χ3v) is 5.11. The van der Waals surface area contributed by atoms with E-state index < -0.39 is 0 Å². The molecule has 0 saturated carbocycles. The van der Waals surface area contributed by atoms with Crippen LogP contribution < -0.4 is 10.6 Å². The molecule has 6 nitrogen and oxygen atoms in total. The van der Waals surface area contributed by atoms with Crippen LogP contribution in [0.4, 0.5) is 11.4 Å². The molecule has 6 heteroatoms. The molecule has 0 radical (unpaired) electrons. The lowest BCUT2D eigenvalue weighted by atomic mass is 10.1. The highest BCUT2D eigenvalue weighted by molar-refractivity contribution is 5.96. The Morgan fingerprint density at radius 3 is 2.97 bits per heavy atom. The molecule has 2 aromatic carbocycles. The van der Waals surface area contributed by atoms with E-state index in [0.29, 0.717) is 18.7 Å². The summed E-state index contributed by atoms with van der Waals surface area (Å²) in [6.07, 6.45) is 2.93. The lowest BCUT2D eigenvalue weighted by Gasteiger charge is -2.14. The molecule has 29 heavy (non-hydrogen) atoms. The monoisotopic (exact) mass is 386 g/mol. The zero-order valence-electron chi connectivity index (χ0n) is 16.2. The number of rotatable bonds is 5. The quantitative estimate of drug-likeness (QED) is 0.688. The van der Waals surface area contributed by atoms with Crippen molar-refractivity contribution in [2.24, 2.45) is 0 Å². The number of aryl methyl sites for hydroxylation is 1. The Hall–Kier alpha value is -3.43. The highest BCUT2D eigenvalue weighted by Gasteiger charge is 2.23. The van der Waals surface area contributed by atoms with Crippen LogP contribution >= 0.6 is 0 Å². The number of hydrogen-bond donors (Lipinski definition) is 2. The predicted octanol–water partition coefficient (Wildman–Crippen LogP) is 4.14. The fourth-order valence-electron chi connectivity index (χ4n) is 3.60. The second-order valence-corrected chi connectivity index (χ2v) is 7.17. The Morgan fingerprint density at radius 2 is 2.17 bits per heavy atom. The van der Waals surface area contributed by atoms with Gasteiger partial charge in [-0.25, -0.2) is 0 Å². The number of ether oxygens (including phenoxy) is 1. The highest BCUT2D eigenvalue weighted by Crippen LogP contribution is 2.28. The van der Waals surface area contributed by atoms with Gasteiger partial charge >= 0.3 is 0 Å². The lowest BCUT2D eigenvalue weighted by molar-refractivity contribution is -0.124. The summed E-state index contributed by atoms with van der Waals surface area (Å²) in [5, 5.41) is 16.7. The van der Waals surface area contributed by atoms with Gasteiger partial charge in [-0.05, 0) is 43.0 Å². The fourth-order valence-corrected chi connectivity index (χ4v) is 3.60. The molecule has 0 aliphatic carbocycles. The van der Waals surface area contributed by atoms with E-state index in [1.54, 1.807) is 6.20 Å². The maximum Gasteiger partial charge on any atom is 0.253 e. The number of nitrogens with one attached hydrogen (secondary N) is 2. The van der Waals surface area contributed by atoms with Crippen molar-refractivity contribution >= 4 is 28.2 Å².